The molecule has 0 fully saturated rings. The Morgan fingerprint density at radius 1 is 1.16 bits per heavy atom. The average Bonchev–Trinajstić information content (AvgIpc) is 3.06. The summed E-state index contributed by atoms with van der Waals surface area (Å²) in [6, 6.07) is 11.6. The van der Waals surface area contributed by atoms with Gasteiger partial charge in [0.05, 0.1) is 30.9 Å². The molecule has 3 rings (SSSR count). The zero-order valence-corrected chi connectivity index (χ0v) is 21.3. The summed E-state index contributed by atoms with van der Waals surface area (Å²) in [5.41, 5.74) is 1.47. The molecule has 0 saturated heterocycles. The molecule has 0 aliphatic heterocycles. The van der Waals surface area contributed by atoms with Crippen LogP contribution in [0, 0.1) is 9.54 Å². The number of nitrogens with one attached hydrogen (secondary N) is 3. The summed E-state index contributed by atoms with van der Waals surface area (Å²) in [6.07, 6.45) is 0. The summed E-state index contributed by atoms with van der Waals surface area (Å²) < 4.78 is 2.31. The zero-order chi connectivity index (χ0) is 22.5. The summed E-state index contributed by atoms with van der Waals surface area (Å²) in [5.74, 6) is -2.02. The van der Waals surface area contributed by atoms with Gasteiger partial charge in [-0.15, -0.1) is 0 Å². The monoisotopic (exact) mass is 501 g/mol. The molecule has 3 aromatic rings. The van der Waals surface area contributed by atoms with Gasteiger partial charge in [-0.3, -0.25) is 19.6 Å². The molecule has 162 valence electrons. The van der Waals surface area contributed by atoms with Crippen LogP contribution in [-0.2, 0) is 9.59 Å². The van der Waals surface area contributed by atoms with E-state index < -0.39 is 24.5 Å². The second-order valence-corrected chi connectivity index (χ2v) is 7.63. The van der Waals surface area contributed by atoms with Crippen molar-refractivity contribution >= 4 is 59.3 Å². The van der Waals surface area contributed by atoms with Gasteiger partial charge in [0.25, 0.3) is 0 Å². The third-order valence-corrected chi connectivity index (χ3v) is 5.19. The van der Waals surface area contributed by atoms with E-state index in [-0.39, 0.29) is 36.1 Å². The topological polar surface area (TPSA) is 129 Å². The van der Waals surface area contributed by atoms with Crippen LogP contribution in [0.3, 0.4) is 0 Å². The predicted molar refractivity (Wildman–Crippen MR) is 119 cm³/mol. The minimum atomic E-state index is -1.51. The molecule has 0 saturated carbocycles. The van der Waals surface area contributed by atoms with E-state index in [1.165, 1.54) is 4.90 Å². The van der Waals surface area contributed by atoms with Crippen LogP contribution in [0.15, 0.2) is 48.5 Å². The number of benzene rings is 2. The normalized spacial score (nSPS) is 11.3. The van der Waals surface area contributed by atoms with E-state index in [0.29, 0.717) is 31.6 Å². The number of aliphatic hydroxyl groups excluding tert-OH is 1. The molecule has 13 heteroatoms. The maximum atomic E-state index is 12.7. The molecule has 1 aromatic heterocycles. The molecule has 4 N–H and O–H groups in total. The minimum Gasteiger partial charge on any atom is -0.548 e. The molecule has 0 bridgehead atoms. The summed E-state index contributed by atoms with van der Waals surface area (Å²) in [6.45, 7) is -1.09. The number of carbonyl (C=O) groups excluding carboxylic acids is 2. The summed E-state index contributed by atoms with van der Waals surface area (Å²) in [4.78, 5) is 25.4. The maximum absolute atomic E-state index is 12.7. The van der Waals surface area contributed by atoms with E-state index in [0.717, 1.165) is 0 Å². The molecule has 1 amide bonds. The third kappa shape index (κ3) is 6.29. The SMILES string of the molecule is O=C(CN(c1ccc(Cl)cc1)C(CO)C(=O)[O-])Nc1cccc(-n2c(=S)[nH][nH]c2=S)c1.[Na+]. The number of nitrogens with zero attached hydrogens (tertiary/aromatic N) is 2. The molecule has 1 atom stereocenters. The first kappa shape index (κ1) is 26.3. The van der Waals surface area contributed by atoms with Crippen LogP contribution in [0.5, 0.6) is 0 Å². The van der Waals surface area contributed by atoms with Crippen LogP contribution in [0.1, 0.15) is 0 Å². The first-order chi connectivity index (χ1) is 14.8. The van der Waals surface area contributed by atoms with Crippen LogP contribution >= 0.6 is 36.0 Å². The van der Waals surface area contributed by atoms with Crippen molar-refractivity contribution in [3.8, 4) is 5.69 Å². The molecule has 0 aliphatic rings. The zero-order valence-electron chi connectivity index (χ0n) is 16.9. The van der Waals surface area contributed by atoms with E-state index in [1.54, 1.807) is 53.1 Å². The second kappa shape index (κ2) is 11.8. The van der Waals surface area contributed by atoms with Gasteiger partial charge in [-0.25, -0.2) is 0 Å². The quantitative estimate of drug-likeness (QED) is 0.225. The van der Waals surface area contributed by atoms with Gasteiger partial charge in [0.15, 0.2) is 9.54 Å². The Bertz CT molecular complexity index is 1180. The van der Waals surface area contributed by atoms with E-state index in [4.69, 9.17) is 36.0 Å². The number of aromatic amines is 2. The van der Waals surface area contributed by atoms with Crippen molar-refractivity contribution in [2.45, 2.75) is 6.04 Å². The number of anilines is 2. The third-order valence-electron chi connectivity index (χ3n) is 4.36. The molecule has 2 aromatic carbocycles. The number of aliphatic carboxylic acids is 1. The summed E-state index contributed by atoms with van der Waals surface area (Å²) in [7, 11) is 0. The average molecular weight is 502 g/mol. The first-order valence-corrected chi connectivity index (χ1v) is 10.1. The summed E-state index contributed by atoms with van der Waals surface area (Å²) in [5, 5.41) is 29.6. The molecule has 1 heterocycles. The van der Waals surface area contributed by atoms with Crippen molar-refractivity contribution in [1.29, 1.82) is 0 Å². The van der Waals surface area contributed by atoms with Gasteiger partial charge in [-0.05, 0) is 66.9 Å². The number of hydrogen-bond donors (Lipinski definition) is 4. The van der Waals surface area contributed by atoms with Gasteiger partial charge < -0.3 is 25.2 Å². The number of H-pyrrole nitrogens is 2. The van der Waals surface area contributed by atoms with E-state index in [2.05, 4.69) is 15.5 Å². The molecular weight excluding hydrogens is 485 g/mol. The largest absolute Gasteiger partial charge is 1.00 e. The van der Waals surface area contributed by atoms with Gasteiger partial charge >= 0.3 is 29.6 Å². The van der Waals surface area contributed by atoms with E-state index >= 15 is 0 Å². The number of amides is 1. The number of hydrogen-bond acceptors (Lipinski definition) is 7. The van der Waals surface area contributed by atoms with Gasteiger partial charge in [0.2, 0.25) is 5.91 Å². The van der Waals surface area contributed by atoms with Gasteiger partial charge in [0, 0.05) is 16.4 Å². The van der Waals surface area contributed by atoms with Crippen LogP contribution < -0.4 is 44.9 Å². The smallest absolute Gasteiger partial charge is 0.548 e. The standard InChI is InChI=1S/C19H18ClN5O4S2.Na/c20-11-4-6-13(7-5-11)24(15(10-26)17(28)29)9-16(27)21-12-2-1-3-14(8-12)25-18(30)22-23-19(25)31;/h1-8,15,26H,9-10H2,(H,21,27)(H,22,30)(H,23,31)(H,28,29);/q;+1/p-1. The number of carboxylic acids is 1. The Morgan fingerprint density at radius 2 is 1.78 bits per heavy atom. The van der Waals surface area contributed by atoms with Crippen molar-refractivity contribution < 1.29 is 49.4 Å². The molecule has 0 radical (unpaired) electrons. The van der Waals surface area contributed by atoms with Crippen molar-refractivity contribution in [1.82, 2.24) is 14.8 Å². The van der Waals surface area contributed by atoms with Crippen LogP contribution in [0.4, 0.5) is 11.4 Å². The van der Waals surface area contributed by atoms with Crippen LogP contribution in [-0.4, -0.2) is 50.9 Å². The van der Waals surface area contributed by atoms with Crippen LogP contribution in [0.25, 0.3) is 5.69 Å². The molecule has 0 aliphatic carbocycles. The van der Waals surface area contributed by atoms with Crippen LogP contribution in [0.2, 0.25) is 5.02 Å². The van der Waals surface area contributed by atoms with Crippen molar-refractivity contribution in [3.05, 3.63) is 63.1 Å². The fourth-order valence-corrected chi connectivity index (χ4v) is 3.62. The van der Waals surface area contributed by atoms with E-state index in [1.807, 2.05) is 0 Å². The fourth-order valence-electron chi connectivity index (χ4n) is 2.94. The number of carboxylic acid groups (broad SMARTS) is 1. The number of aromatic nitrogens is 3. The van der Waals surface area contributed by atoms with Gasteiger partial charge in [-0.2, -0.15) is 0 Å². The summed E-state index contributed by atoms with van der Waals surface area (Å²) >= 11 is 16.3. The minimum absolute atomic E-state index is 0. The van der Waals surface area contributed by atoms with E-state index in [9.17, 15) is 19.8 Å². The molecule has 0 spiro atoms. The Kier molecular flexibility index (Phi) is 9.64. The van der Waals surface area contributed by atoms with Crippen molar-refractivity contribution in [2.24, 2.45) is 0 Å². The molecule has 9 nitrogen and oxygen atoms in total. The first-order valence-electron chi connectivity index (χ1n) is 8.94. The van der Waals surface area contributed by atoms with Gasteiger partial charge in [0.1, 0.15) is 0 Å². The Hall–Kier alpha value is -1.99. The molecular formula is C19H17ClN5NaO4S2. The number of aliphatic hydroxyl groups is 1. The predicted octanol–water partition coefficient (Wildman–Crippen LogP) is -1.19. The second-order valence-electron chi connectivity index (χ2n) is 6.42. The Balaban J connectivity index is 0.00000363. The molecule has 32 heavy (non-hydrogen) atoms. The Labute approximate surface area is 220 Å². The van der Waals surface area contributed by atoms with Crippen molar-refractivity contribution in [3.63, 3.8) is 0 Å². The Morgan fingerprint density at radius 3 is 2.34 bits per heavy atom. The fraction of sp³-hybridized carbons (Fsp3) is 0.158. The number of rotatable bonds is 8. The van der Waals surface area contributed by atoms with Crippen molar-refractivity contribution in [2.75, 3.05) is 23.4 Å². The molecule has 1 unspecified atom stereocenters. The van der Waals surface area contributed by atoms with Gasteiger partial charge in [-0.1, -0.05) is 17.7 Å². The maximum Gasteiger partial charge on any atom is 1.00 e. The number of carbonyl (C=O) groups is 2. The number of halogens is 1.